The Morgan fingerprint density at radius 2 is 2.32 bits per heavy atom. The van der Waals surface area contributed by atoms with Gasteiger partial charge in [-0.3, -0.25) is 0 Å². The molecule has 1 N–H and O–H groups in total. The van der Waals surface area contributed by atoms with Gasteiger partial charge in [-0.1, -0.05) is 6.07 Å². The van der Waals surface area contributed by atoms with Crippen LogP contribution >= 0.6 is 11.8 Å². The Labute approximate surface area is 116 Å². The van der Waals surface area contributed by atoms with Crippen molar-refractivity contribution in [2.75, 3.05) is 20.3 Å². The predicted octanol–water partition coefficient (Wildman–Crippen LogP) is 1.66. The molecule has 2 heterocycles. The third kappa shape index (κ3) is 4.30. The Hall–Kier alpha value is -1.44. The second kappa shape index (κ2) is 7.22. The first-order valence-corrected chi connectivity index (χ1v) is 6.72. The monoisotopic (exact) mass is 280 g/mol. The molecule has 0 aliphatic rings. The molecule has 7 heteroatoms. The third-order valence-corrected chi connectivity index (χ3v) is 3.24. The Bertz CT molecular complexity index is 518. The summed E-state index contributed by atoms with van der Waals surface area (Å²) in [5.74, 6) is 0.554. The number of rotatable bonds is 7. The quantitative estimate of drug-likeness (QED) is 0.773. The molecule has 0 spiro atoms. The molecular formula is C12H16N4O2S. The molecule has 0 saturated carbocycles. The van der Waals surface area contributed by atoms with Gasteiger partial charge >= 0.3 is 0 Å². The van der Waals surface area contributed by atoms with Gasteiger partial charge in [0, 0.05) is 33.3 Å². The lowest BCUT2D eigenvalue weighted by atomic mass is 10.3. The van der Waals surface area contributed by atoms with E-state index in [4.69, 9.17) is 9.15 Å². The molecule has 2 aromatic heterocycles. The van der Waals surface area contributed by atoms with Crippen molar-refractivity contribution < 1.29 is 9.15 Å². The average Bonchev–Trinajstić information content (AvgIpc) is 2.82. The van der Waals surface area contributed by atoms with E-state index in [9.17, 15) is 0 Å². The van der Waals surface area contributed by atoms with Crippen LogP contribution in [-0.2, 0) is 11.3 Å². The van der Waals surface area contributed by atoms with Crippen LogP contribution in [0.4, 0.5) is 0 Å². The first kappa shape index (κ1) is 14.0. The fourth-order valence-electron chi connectivity index (χ4n) is 1.45. The van der Waals surface area contributed by atoms with E-state index in [-0.39, 0.29) is 0 Å². The third-order valence-electron chi connectivity index (χ3n) is 2.34. The summed E-state index contributed by atoms with van der Waals surface area (Å²) < 4.78 is 10.3. The first-order chi connectivity index (χ1) is 9.29. The van der Waals surface area contributed by atoms with Crippen molar-refractivity contribution >= 4 is 11.8 Å². The summed E-state index contributed by atoms with van der Waals surface area (Å²) in [5.41, 5.74) is 1.10. The van der Waals surface area contributed by atoms with Crippen LogP contribution in [0, 0.1) is 6.92 Å². The number of aromatic nitrogens is 3. The molecule has 0 unspecified atom stereocenters. The molecule has 2 aromatic rings. The normalized spacial score (nSPS) is 10.8. The van der Waals surface area contributed by atoms with E-state index in [1.807, 2.05) is 12.1 Å². The lowest BCUT2D eigenvalue weighted by Crippen LogP contribution is -2.19. The zero-order valence-electron chi connectivity index (χ0n) is 10.9. The maximum absolute atomic E-state index is 5.35. The average molecular weight is 280 g/mol. The molecular weight excluding hydrogens is 264 g/mol. The second-order valence-electron chi connectivity index (χ2n) is 3.83. The van der Waals surface area contributed by atoms with Crippen LogP contribution in [0.3, 0.4) is 0 Å². The van der Waals surface area contributed by atoms with Crippen LogP contribution in [0.2, 0.25) is 0 Å². The summed E-state index contributed by atoms with van der Waals surface area (Å²) in [5, 5.41) is 12.4. The molecule has 0 aliphatic heterocycles. The van der Waals surface area contributed by atoms with Crippen LogP contribution in [-0.4, -0.2) is 35.4 Å². The van der Waals surface area contributed by atoms with Crippen LogP contribution in [0.5, 0.6) is 0 Å². The van der Waals surface area contributed by atoms with Crippen molar-refractivity contribution in [3.8, 4) is 0 Å². The van der Waals surface area contributed by atoms with Crippen LogP contribution in [0.25, 0.3) is 0 Å². The topological polar surface area (TPSA) is 73.1 Å². The van der Waals surface area contributed by atoms with Crippen LogP contribution < -0.4 is 5.32 Å². The van der Waals surface area contributed by atoms with Gasteiger partial charge < -0.3 is 14.5 Å². The molecule has 0 aliphatic carbocycles. The maximum Gasteiger partial charge on any atom is 0.282 e. The van der Waals surface area contributed by atoms with E-state index in [1.165, 1.54) is 11.8 Å². The highest BCUT2D eigenvalue weighted by Crippen LogP contribution is 2.27. The summed E-state index contributed by atoms with van der Waals surface area (Å²) in [4.78, 5) is 4.35. The van der Waals surface area contributed by atoms with Crippen molar-refractivity contribution in [3.05, 3.63) is 29.8 Å². The van der Waals surface area contributed by atoms with E-state index in [2.05, 4.69) is 20.5 Å². The summed E-state index contributed by atoms with van der Waals surface area (Å²) >= 11 is 1.38. The van der Waals surface area contributed by atoms with E-state index >= 15 is 0 Å². The fourth-order valence-corrected chi connectivity index (χ4v) is 2.24. The number of nitrogens with one attached hydrogen (secondary N) is 1. The summed E-state index contributed by atoms with van der Waals surface area (Å²) in [7, 11) is 1.69. The van der Waals surface area contributed by atoms with E-state index < -0.39 is 0 Å². The number of nitrogens with zero attached hydrogens (tertiary/aromatic N) is 3. The number of ether oxygens (including phenoxy) is 1. The number of pyridine rings is 1. The molecule has 6 nitrogen and oxygen atoms in total. The number of methoxy groups -OCH3 is 1. The van der Waals surface area contributed by atoms with Gasteiger partial charge in [-0.25, -0.2) is 4.98 Å². The molecule has 2 rings (SSSR count). The van der Waals surface area contributed by atoms with E-state index in [1.54, 1.807) is 20.2 Å². The van der Waals surface area contributed by atoms with Gasteiger partial charge in [0.15, 0.2) is 0 Å². The van der Waals surface area contributed by atoms with Crippen molar-refractivity contribution in [1.82, 2.24) is 20.5 Å². The zero-order valence-corrected chi connectivity index (χ0v) is 11.7. The van der Waals surface area contributed by atoms with Gasteiger partial charge in [0.2, 0.25) is 5.89 Å². The number of hydrogen-bond acceptors (Lipinski definition) is 7. The molecule has 19 heavy (non-hydrogen) atoms. The molecule has 102 valence electrons. The highest BCUT2D eigenvalue weighted by molar-refractivity contribution is 7.99. The maximum atomic E-state index is 5.35. The first-order valence-electron chi connectivity index (χ1n) is 5.91. The molecule has 0 aromatic carbocycles. The molecule has 0 amide bonds. The highest BCUT2D eigenvalue weighted by atomic mass is 32.2. The van der Waals surface area contributed by atoms with Crippen molar-refractivity contribution in [2.24, 2.45) is 0 Å². The Morgan fingerprint density at radius 3 is 3.05 bits per heavy atom. The zero-order chi connectivity index (χ0) is 13.5. The number of hydrogen-bond donors (Lipinski definition) is 1. The minimum absolute atomic E-state index is 0.509. The summed E-state index contributed by atoms with van der Waals surface area (Å²) in [6.45, 7) is 3.98. The minimum Gasteiger partial charge on any atom is -0.416 e. The van der Waals surface area contributed by atoms with Gasteiger partial charge in [0.05, 0.1) is 6.61 Å². The number of aryl methyl sites for hydroxylation is 1. The summed E-state index contributed by atoms with van der Waals surface area (Å²) in [6.07, 6.45) is 1.75. The largest absolute Gasteiger partial charge is 0.416 e. The van der Waals surface area contributed by atoms with Gasteiger partial charge in [0.25, 0.3) is 5.22 Å². The standard InChI is InChI=1S/C12H16N4O2S/c1-9-15-16-12(18-9)19-11-10(4-3-5-14-11)8-13-6-7-17-2/h3-5,13H,6-8H2,1-2H3. The van der Waals surface area contributed by atoms with Crippen molar-refractivity contribution in [2.45, 2.75) is 23.7 Å². The van der Waals surface area contributed by atoms with E-state index in [0.29, 0.717) is 17.7 Å². The Balaban J connectivity index is 1.99. The molecule has 0 radical (unpaired) electrons. The Morgan fingerprint density at radius 1 is 1.42 bits per heavy atom. The van der Waals surface area contributed by atoms with Gasteiger partial charge in [0.1, 0.15) is 5.03 Å². The van der Waals surface area contributed by atoms with Gasteiger partial charge in [-0.2, -0.15) is 0 Å². The smallest absolute Gasteiger partial charge is 0.282 e. The van der Waals surface area contributed by atoms with E-state index in [0.717, 1.165) is 23.7 Å². The van der Waals surface area contributed by atoms with Crippen molar-refractivity contribution in [1.29, 1.82) is 0 Å². The van der Waals surface area contributed by atoms with Crippen molar-refractivity contribution in [3.63, 3.8) is 0 Å². The lowest BCUT2D eigenvalue weighted by molar-refractivity contribution is 0.199. The minimum atomic E-state index is 0.509. The Kier molecular flexibility index (Phi) is 5.31. The SMILES string of the molecule is COCCNCc1cccnc1Sc1nnc(C)o1. The fraction of sp³-hybridized carbons (Fsp3) is 0.417. The summed E-state index contributed by atoms with van der Waals surface area (Å²) in [6, 6.07) is 3.94. The molecule has 0 saturated heterocycles. The molecule has 0 atom stereocenters. The van der Waals surface area contributed by atoms with Crippen LogP contribution in [0.15, 0.2) is 33.0 Å². The lowest BCUT2D eigenvalue weighted by Gasteiger charge is -2.07. The van der Waals surface area contributed by atoms with Gasteiger partial charge in [-0.05, 0) is 23.4 Å². The van der Waals surface area contributed by atoms with Gasteiger partial charge in [-0.15, -0.1) is 10.2 Å². The highest BCUT2D eigenvalue weighted by Gasteiger charge is 2.10. The molecule has 0 fully saturated rings. The van der Waals surface area contributed by atoms with Crippen LogP contribution in [0.1, 0.15) is 11.5 Å². The molecule has 0 bridgehead atoms. The predicted molar refractivity (Wildman–Crippen MR) is 71.0 cm³/mol. The second-order valence-corrected chi connectivity index (χ2v) is 4.77.